The second-order valence-corrected chi connectivity index (χ2v) is 3.57. The van der Waals surface area contributed by atoms with Crippen LogP contribution >= 0.6 is 22.6 Å². The van der Waals surface area contributed by atoms with E-state index >= 15 is 0 Å². The van der Waals surface area contributed by atoms with E-state index in [0.717, 1.165) is 3.57 Å². The number of halogens is 1. The van der Waals surface area contributed by atoms with Gasteiger partial charge in [0, 0.05) is 13.3 Å². The maximum Gasteiger partial charge on any atom is 0.179 e. The second kappa shape index (κ2) is 4.56. The van der Waals surface area contributed by atoms with Crippen LogP contribution in [-0.2, 0) is 16.1 Å². The summed E-state index contributed by atoms with van der Waals surface area (Å²) < 4.78 is 7.32. The number of carbonyl (C=O) groups is 1. The van der Waals surface area contributed by atoms with Crippen molar-refractivity contribution < 1.29 is 9.53 Å². The Kier molecular flexibility index (Phi) is 3.67. The number of ketones is 1. The van der Waals surface area contributed by atoms with Crippen LogP contribution in [0, 0.1) is 3.57 Å². The normalized spacial score (nSPS) is 10.2. The van der Waals surface area contributed by atoms with Gasteiger partial charge in [0.2, 0.25) is 0 Å². The minimum absolute atomic E-state index is 0.0250. The molecule has 0 saturated heterocycles. The van der Waals surface area contributed by atoms with Gasteiger partial charge < -0.3 is 4.74 Å². The third-order valence-corrected chi connectivity index (χ3v) is 1.80. The summed E-state index contributed by atoms with van der Waals surface area (Å²) in [5, 5.41) is 3.97. The maximum absolute atomic E-state index is 11.0. The molecule has 0 fully saturated rings. The first-order chi connectivity index (χ1) is 5.72. The van der Waals surface area contributed by atoms with Crippen molar-refractivity contribution in [3.8, 4) is 0 Å². The van der Waals surface area contributed by atoms with Crippen molar-refractivity contribution in [2.45, 2.75) is 6.54 Å². The average molecular weight is 280 g/mol. The lowest BCUT2D eigenvalue weighted by Gasteiger charge is -1.98. The van der Waals surface area contributed by atoms with Crippen molar-refractivity contribution in [3.05, 3.63) is 16.0 Å². The van der Waals surface area contributed by atoms with Crippen molar-refractivity contribution in [1.29, 1.82) is 0 Å². The number of nitrogens with zero attached hydrogens (tertiary/aromatic N) is 2. The second-order valence-electron chi connectivity index (χ2n) is 2.33. The first-order valence-corrected chi connectivity index (χ1v) is 4.49. The molecule has 0 unspecified atom stereocenters. The van der Waals surface area contributed by atoms with Crippen molar-refractivity contribution in [2.75, 3.05) is 13.7 Å². The number of hydrogen-bond donors (Lipinski definition) is 0. The molecular weight excluding hydrogens is 271 g/mol. The van der Waals surface area contributed by atoms with Crippen LogP contribution in [0.4, 0.5) is 0 Å². The molecule has 1 aromatic heterocycles. The molecule has 0 radical (unpaired) electrons. The number of rotatable bonds is 4. The van der Waals surface area contributed by atoms with Crippen LogP contribution in [0.2, 0.25) is 0 Å². The number of Topliss-reactive ketones (excluding diaryl/α,β-unsaturated/α-hetero) is 1. The highest BCUT2D eigenvalue weighted by atomic mass is 127. The highest BCUT2D eigenvalue weighted by molar-refractivity contribution is 14.1. The Hall–Kier alpha value is -0.430. The minimum Gasteiger partial charge on any atom is -0.377 e. The Morgan fingerprint density at radius 2 is 2.58 bits per heavy atom. The minimum atomic E-state index is 0.0250. The zero-order valence-electron chi connectivity index (χ0n) is 6.66. The molecule has 12 heavy (non-hydrogen) atoms. The smallest absolute Gasteiger partial charge is 0.179 e. The van der Waals surface area contributed by atoms with Gasteiger partial charge in [-0.1, -0.05) is 0 Å². The molecular formula is C7H9IN2O2. The zero-order chi connectivity index (χ0) is 8.97. The molecule has 1 aromatic rings. The van der Waals surface area contributed by atoms with Gasteiger partial charge in [-0.2, -0.15) is 5.10 Å². The molecule has 0 saturated carbocycles. The van der Waals surface area contributed by atoms with Gasteiger partial charge in [-0.15, -0.1) is 0 Å². The Bertz CT molecular complexity index is 272. The van der Waals surface area contributed by atoms with Gasteiger partial charge in [0.25, 0.3) is 0 Å². The first-order valence-electron chi connectivity index (χ1n) is 3.41. The lowest BCUT2D eigenvalue weighted by Crippen LogP contribution is -2.15. The Balaban J connectivity index is 2.46. The van der Waals surface area contributed by atoms with Crippen LogP contribution in [0.5, 0.6) is 0 Å². The third-order valence-electron chi connectivity index (χ3n) is 1.25. The predicted octanol–water partition coefficient (Wildman–Crippen LogP) is 0.703. The summed E-state index contributed by atoms with van der Waals surface area (Å²) in [5.41, 5.74) is 0. The van der Waals surface area contributed by atoms with E-state index in [-0.39, 0.29) is 18.9 Å². The van der Waals surface area contributed by atoms with Crippen LogP contribution in [0.25, 0.3) is 0 Å². The lowest BCUT2D eigenvalue weighted by atomic mass is 10.4. The third kappa shape index (κ3) is 2.90. The van der Waals surface area contributed by atoms with Gasteiger partial charge >= 0.3 is 0 Å². The van der Waals surface area contributed by atoms with Gasteiger partial charge in [0.05, 0.1) is 9.77 Å². The van der Waals surface area contributed by atoms with E-state index in [1.54, 1.807) is 10.9 Å². The fourth-order valence-electron chi connectivity index (χ4n) is 0.812. The fraction of sp³-hybridized carbons (Fsp3) is 0.429. The van der Waals surface area contributed by atoms with Crippen molar-refractivity contribution in [3.63, 3.8) is 0 Å². The van der Waals surface area contributed by atoms with Crippen LogP contribution < -0.4 is 0 Å². The molecule has 0 N–H and O–H groups in total. The predicted molar refractivity (Wildman–Crippen MR) is 51.8 cm³/mol. The topological polar surface area (TPSA) is 44.1 Å². The highest BCUT2D eigenvalue weighted by Gasteiger charge is 2.02. The molecule has 0 aliphatic heterocycles. The van der Waals surface area contributed by atoms with E-state index in [2.05, 4.69) is 27.7 Å². The molecule has 0 aliphatic rings. The molecule has 1 heterocycles. The van der Waals surface area contributed by atoms with Gasteiger partial charge in [-0.3, -0.25) is 9.48 Å². The van der Waals surface area contributed by atoms with Gasteiger partial charge in [0.1, 0.15) is 13.2 Å². The number of carbonyl (C=O) groups excluding carboxylic acids is 1. The summed E-state index contributed by atoms with van der Waals surface area (Å²) >= 11 is 2.14. The Morgan fingerprint density at radius 3 is 3.08 bits per heavy atom. The van der Waals surface area contributed by atoms with E-state index in [4.69, 9.17) is 4.74 Å². The number of ether oxygens (including phenoxy) is 1. The largest absolute Gasteiger partial charge is 0.377 e. The maximum atomic E-state index is 11.0. The summed E-state index contributed by atoms with van der Waals surface area (Å²) in [4.78, 5) is 11.0. The Morgan fingerprint density at radius 1 is 1.83 bits per heavy atom. The van der Waals surface area contributed by atoms with E-state index in [1.807, 2.05) is 6.20 Å². The van der Waals surface area contributed by atoms with Crippen molar-refractivity contribution in [1.82, 2.24) is 9.78 Å². The average Bonchev–Trinajstić information content (AvgIpc) is 2.36. The summed E-state index contributed by atoms with van der Waals surface area (Å²) in [6.45, 7) is 0.438. The standard InChI is InChI=1S/C7H9IN2O2/c1-12-5-7(11)4-10-3-6(8)2-9-10/h2-3H,4-5H2,1H3. The summed E-state index contributed by atoms with van der Waals surface area (Å²) in [6.07, 6.45) is 3.52. The molecule has 0 bridgehead atoms. The summed E-state index contributed by atoms with van der Waals surface area (Å²) in [5.74, 6) is 0.0250. The van der Waals surface area contributed by atoms with Crippen molar-refractivity contribution in [2.24, 2.45) is 0 Å². The molecule has 5 heteroatoms. The molecule has 0 aromatic carbocycles. The summed E-state index contributed by atoms with van der Waals surface area (Å²) in [6, 6.07) is 0. The Labute approximate surface area is 84.0 Å². The van der Waals surface area contributed by atoms with Gasteiger partial charge in [-0.05, 0) is 22.6 Å². The lowest BCUT2D eigenvalue weighted by molar-refractivity contribution is -0.123. The molecule has 1 rings (SSSR count). The number of methoxy groups -OCH3 is 1. The molecule has 4 nitrogen and oxygen atoms in total. The van der Waals surface area contributed by atoms with E-state index < -0.39 is 0 Å². The number of hydrogen-bond acceptors (Lipinski definition) is 3. The van der Waals surface area contributed by atoms with Gasteiger partial charge in [0.15, 0.2) is 5.78 Å². The highest BCUT2D eigenvalue weighted by Crippen LogP contribution is 2.00. The van der Waals surface area contributed by atoms with E-state index in [0.29, 0.717) is 0 Å². The van der Waals surface area contributed by atoms with E-state index in [9.17, 15) is 4.79 Å². The molecule has 0 amide bonds. The molecule has 0 atom stereocenters. The van der Waals surface area contributed by atoms with Gasteiger partial charge in [-0.25, -0.2) is 0 Å². The quantitative estimate of drug-likeness (QED) is 0.763. The van der Waals surface area contributed by atoms with Crippen LogP contribution in [-0.4, -0.2) is 29.3 Å². The number of aromatic nitrogens is 2. The molecule has 0 aliphatic carbocycles. The molecule has 66 valence electrons. The monoisotopic (exact) mass is 280 g/mol. The molecule has 0 spiro atoms. The van der Waals surface area contributed by atoms with Crippen molar-refractivity contribution >= 4 is 28.4 Å². The summed E-state index contributed by atoms with van der Waals surface area (Å²) in [7, 11) is 1.50. The van der Waals surface area contributed by atoms with Crippen LogP contribution in [0.15, 0.2) is 12.4 Å². The van der Waals surface area contributed by atoms with Crippen LogP contribution in [0.1, 0.15) is 0 Å². The first kappa shape index (κ1) is 9.66. The van der Waals surface area contributed by atoms with Crippen LogP contribution in [0.3, 0.4) is 0 Å². The van der Waals surface area contributed by atoms with E-state index in [1.165, 1.54) is 7.11 Å². The SMILES string of the molecule is COCC(=O)Cn1cc(I)cn1. The fourth-order valence-corrected chi connectivity index (χ4v) is 1.26. The zero-order valence-corrected chi connectivity index (χ0v) is 8.82.